The molecule has 66 heavy (non-hydrogen) atoms. The molecule has 29 heteroatoms. The summed E-state index contributed by atoms with van der Waals surface area (Å²) in [6, 6.07) is -2.31. The van der Waals surface area contributed by atoms with Gasteiger partial charge in [-0.1, -0.05) is 6.08 Å². The average molecular weight is 970 g/mol. The van der Waals surface area contributed by atoms with Crippen LogP contribution in [-0.2, 0) is 42.6 Å². The van der Waals surface area contributed by atoms with E-state index in [9.17, 15) is 97.0 Å². The van der Waals surface area contributed by atoms with Crippen LogP contribution in [0.4, 0.5) is 0 Å². The number of aliphatic hydroxyl groups is 19. The van der Waals surface area contributed by atoms with Gasteiger partial charge in [0, 0.05) is 0 Å². The Balaban J connectivity index is 1.06. The van der Waals surface area contributed by atoms with E-state index in [1.54, 1.807) is 0 Å². The molecule has 0 radical (unpaired) electrons. The van der Waals surface area contributed by atoms with Crippen LogP contribution in [0, 0.1) is 0 Å². The number of ether oxygens (including phenoxy) is 9. The topological polar surface area (TPSA) is 479 Å². The first-order valence-electron chi connectivity index (χ1n) is 21.2. The summed E-state index contributed by atoms with van der Waals surface area (Å²) in [6.45, 7) is -2.98. The van der Waals surface area contributed by atoms with Crippen LogP contribution in [0.25, 0.3) is 0 Å². The van der Waals surface area contributed by atoms with Crippen molar-refractivity contribution in [3.05, 3.63) is 11.6 Å². The molecule has 6 rings (SSSR count). The number of rotatable bonds is 15. The molecule has 5 aliphatic heterocycles. The van der Waals surface area contributed by atoms with Crippen molar-refractivity contribution in [1.82, 2.24) is 5.32 Å². The fourth-order valence-corrected chi connectivity index (χ4v) is 8.79. The lowest BCUT2D eigenvalue weighted by Gasteiger charge is -2.49. The van der Waals surface area contributed by atoms with Crippen molar-refractivity contribution in [3.63, 3.8) is 0 Å². The van der Waals surface area contributed by atoms with E-state index in [1.165, 1.54) is 13.0 Å². The molecule has 0 aromatic rings. The summed E-state index contributed by atoms with van der Waals surface area (Å²) >= 11 is 0. The van der Waals surface area contributed by atoms with Crippen LogP contribution < -0.4 is 5.32 Å². The molecule has 0 aromatic heterocycles. The van der Waals surface area contributed by atoms with Crippen LogP contribution in [0.1, 0.15) is 6.92 Å². The van der Waals surface area contributed by atoms with Gasteiger partial charge in [0.2, 0.25) is 0 Å². The normalized spacial score (nSPS) is 52.8. The standard InChI is InChI=1S/C37H63NO28/c1-8-15(38-10-2-9(3-39)16(44)19(47)17(10)45)18(46)25(53)34(58-8)63-30-12(5-41)60-36(26(54)21(30)49)65-32-14(7-43)62-37(28(56)23(32)51)66-31-13(6-42)61-35(27(55)22(31)50)64-29-11(4-40)59-33(57)24(52)20(29)48/h2,8,10-57H,3-7H2,1H3/t8?,10?,11-,12-,13-,14-,15?,16?,17?,18?,19?,20-,21-,22-,23-,24-,25?,26-,27-,28-,29-,30-,31-,32-,33?,34?,35-,36-,37-/m1/s1. The molecular weight excluding hydrogens is 906 g/mol. The summed E-state index contributed by atoms with van der Waals surface area (Å²) < 4.78 is 50.2. The zero-order chi connectivity index (χ0) is 48.6. The largest absolute Gasteiger partial charge is 0.394 e. The second-order valence-electron chi connectivity index (χ2n) is 17.0. The van der Waals surface area contributed by atoms with E-state index in [0.717, 1.165) is 0 Å². The Bertz CT molecular complexity index is 1550. The third-order valence-corrected chi connectivity index (χ3v) is 12.7. The van der Waals surface area contributed by atoms with Crippen LogP contribution in [0.3, 0.4) is 0 Å². The van der Waals surface area contributed by atoms with Crippen molar-refractivity contribution in [2.45, 2.75) is 185 Å². The van der Waals surface area contributed by atoms with Gasteiger partial charge in [0.05, 0.1) is 51.2 Å². The Labute approximate surface area is 374 Å². The van der Waals surface area contributed by atoms with E-state index < -0.39 is 211 Å². The van der Waals surface area contributed by atoms with E-state index >= 15 is 0 Å². The van der Waals surface area contributed by atoms with E-state index in [2.05, 4.69) is 5.32 Å². The Morgan fingerprint density at radius 3 is 1.15 bits per heavy atom. The van der Waals surface area contributed by atoms with E-state index in [4.69, 9.17) is 42.6 Å². The van der Waals surface area contributed by atoms with Crippen LogP contribution in [-0.4, -0.2) is 308 Å². The monoisotopic (exact) mass is 969 g/mol. The van der Waals surface area contributed by atoms with Crippen molar-refractivity contribution in [3.8, 4) is 0 Å². The summed E-state index contributed by atoms with van der Waals surface area (Å²) in [5, 5.41) is 202. The summed E-state index contributed by atoms with van der Waals surface area (Å²) in [4.78, 5) is 0. The molecule has 29 atom stereocenters. The van der Waals surface area contributed by atoms with Crippen molar-refractivity contribution in [2.75, 3.05) is 33.0 Å². The molecule has 5 fully saturated rings. The molecule has 384 valence electrons. The first kappa shape index (κ1) is 53.9. The molecule has 10 unspecified atom stereocenters. The van der Waals surface area contributed by atoms with Crippen LogP contribution in [0.15, 0.2) is 11.6 Å². The smallest absolute Gasteiger partial charge is 0.187 e. The van der Waals surface area contributed by atoms with Gasteiger partial charge in [-0.3, -0.25) is 0 Å². The molecule has 20 N–H and O–H groups in total. The van der Waals surface area contributed by atoms with Gasteiger partial charge in [-0.15, -0.1) is 0 Å². The highest BCUT2D eigenvalue weighted by Crippen LogP contribution is 2.36. The lowest BCUT2D eigenvalue weighted by atomic mass is 9.86. The van der Waals surface area contributed by atoms with Gasteiger partial charge >= 0.3 is 0 Å². The van der Waals surface area contributed by atoms with Gasteiger partial charge < -0.3 is 145 Å². The van der Waals surface area contributed by atoms with E-state index in [1.807, 2.05) is 0 Å². The highest BCUT2D eigenvalue weighted by molar-refractivity contribution is 5.22. The number of hydrogen-bond acceptors (Lipinski definition) is 29. The van der Waals surface area contributed by atoms with Gasteiger partial charge in [0.15, 0.2) is 31.5 Å². The molecule has 6 aliphatic rings. The maximum Gasteiger partial charge on any atom is 0.187 e. The van der Waals surface area contributed by atoms with Crippen molar-refractivity contribution in [1.29, 1.82) is 0 Å². The molecular formula is C37H63NO28. The summed E-state index contributed by atoms with van der Waals surface area (Å²) in [5.74, 6) is 0. The van der Waals surface area contributed by atoms with Gasteiger partial charge in [0.25, 0.3) is 0 Å². The SMILES string of the molecule is CC1OC(O[C@H]2[C@H](O)[C@@H](O)[C@@H](O[C@H]3[C@H](O)[C@@H](O)[C@@H](O[C@H]4[C@H](O)[C@@H](O)[C@@H](O[C@H]5[C@H](O)[C@@H](O)C(O)O[C@@H]5CO)O[C@@H]4CO)O[C@@H]3CO)O[C@@H]2CO)C(O)C(O)C1NC1C=C(CO)C(O)C(O)C1O. The van der Waals surface area contributed by atoms with Gasteiger partial charge in [-0.25, -0.2) is 0 Å². The quantitative estimate of drug-likeness (QED) is 0.0678. The van der Waals surface area contributed by atoms with Crippen molar-refractivity contribution in [2.24, 2.45) is 0 Å². The second kappa shape index (κ2) is 22.8. The van der Waals surface area contributed by atoms with Crippen LogP contribution in [0.2, 0.25) is 0 Å². The van der Waals surface area contributed by atoms with E-state index in [0.29, 0.717) is 0 Å². The molecule has 0 amide bonds. The van der Waals surface area contributed by atoms with Gasteiger partial charge in [0.1, 0.15) is 128 Å². The maximum absolute atomic E-state index is 11.2. The first-order chi connectivity index (χ1) is 31.2. The highest BCUT2D eigenvalue weighted by Gasteiger charge is 2.56. The first-order valence-corrected chi connectivity index (χ1v) is 21.2. The minimum absolute atomic E-state index is 0.0209. The van der Waals surface area contributed by atoms with Crippen molar-refractivity contribution < 1.29 is 140 Å². The lowest BCUT2D eigenvalue weighted by Crippen LogP contribution is -2.69. The predicted octanol–water partition coefficient (Wildman–Crippen LogP) is -12.9. The Kier molecular flexibility index (Phi) is 18.6. The Hall–Kier alpha value is -1.42. The molecule has 5 saturated heterocycles. The van der Waals surface area contributed by atoms with Crippen LogP contribution in [0.5, 0.6) is 0 Å². The maximum atomic E-state index is 11.2. The van der Waals surface area contributed by atoms with Crippen LogP contribution >= 0.6 is 0 Å². The molecule has 29 nitrogen and oxygen atoms in total. The molecule has 0 bridgehead atoms. The average Bonchev–Trinajstić information content (AvgIpc) is 3.30. The number of aliphatic hydroxyl groups excluding tert-OH is 19. The summed E-state index contributed by atoms with van der Waals surface area (Å²) in [7, 11) is 0. The number of hydrogen-bond donors (Lipinski definition) is 20. The summed E-state index contributed by atoms with van der Waals surface area (Å²) in [5.41, 5.74) is -0.0209. The van der Waals surface area contributed by atoms with Gasteiger partial charge in [-0.2, -0.15) is 0 Å². The Morgan fingerprint density at radius 2 is 0.773 bits per heavy atom. The molecule has 0 aromatic carbocycles. The second-order valence-corrected chi connectivity index (χ2v) is 17.0. The van der Waals surface area contributed by atoms with Gasteiger partial charge in [-0.05, 0) is 12.5 Å². The van der Waals surface area contributed by atoms with Crippen molar-refractivity contribution >= 4 is 0 Å². The highest BCUT2D eigenvalue weighted by atomic mass is 16.8. The van der Waals surface area contributed by atoms with E-state index in [-0.39, 0.29) is 5.57 Å². The molecule has 0 spiro atoms. The molecule has 1 aliphatic carbocycles. The number of nitrogens with one attached hydrogen (secondary N) is 1. The Morgan fingerprint density at radius 1 is 0.424 bits per heavy atom. The third kappa shape index (κ3) is 10.7. The fourth-order valence-electron chi connectivity index (χ4n) is 8.79. The molecule has 5 heterocycles. The fraction of sp³-hybridized carbons (Fsp3) is 0.946. The minimum Gasteiger partial charge on any atom is -0.394 e. The minimum atomic E-state index is -2.14. The zero-order valence-corrected chi connectivity index (χ0v) is 35.0. The molecule has 0 saturated carbocycles. The zero-order valence-electron chi connectivity index (χ0n) is 35.0. The lowest BCUT2D eigenvalue weighted by molar-refractivity contribution is -0.391. The predicted molar refractivity (Wildman–Crippen MR) is 203 cm³/mol. The summed E-state index contributed by atoms with van der Waals surface area (Å²) in [6.07, 6.45) is -47.5. The third-order valence-electron chi connectivity index (χ3n) is 12.7.